The summed E-state index contributed by atoms with van der Waals surface area (Å²) in [5.74, 6) is 0.0300. The average Bonchev–Trinajstić information content (AvgIpc) is 2.88. The standard InChI is InChI=1S/C15H17ClF2N4OS/c1-3-22-8-10(16)12(21-22)7-19-15(24)20-11-5-4-9(2)6-13(11)23-14(17)18/h4-6,8,14H,3,7H2,1-2H3,(H2,19,20,24). The second-order valence-electron chi connectivity index (χ2n) is 4.97. The second-order valence-corrected chi connectivity index (χ2v) is 5.78. The lowest BCUT2D eigenvalue weighted by atomic mass is 10.2. The van der Waals surface area contributed by atoms with Gasteiger partial charge in [0.1, 0.15) is 11.4 Å². The molecule has 2 aromatic rings. The van der Waals surface area contributed by atoms with E-state index in [0.717, 1.165) is 5.56 Å². The summed E-state index contributed by atoms with van der Waals surface area (Å²) >= 11 is 11.3. The minimum absolute atomic E-state index is 0.0300. The third kappa shape index (κ3) is 5.04. The largest absolute Gasteiger partial charge is 0.433 e. The SMILES string of the molecule is CCn1cc(Cl)c(CNC(=S)Nc2ccc(C)cc2OC(F)F)n1. The quantitative estimate of drug-likeness (QED) is 0.750. The Bertz CT molecular complexity index is 723. The van der Waals surface area contributed by atoms with Gasteiger partial charge in [0, 0.05) is 12.7 Å². The Kier molecular flexibility index (Phi) is 6.33. The Morgan fingerprint density at radius 2 is 2.21 bits per heavy atom. The summed E-state index contributed by atoms with van der Waals surface area (Å²) in [5, 5.41) is 10.8. The van der Waals surface area contributed by atoms with Crippen LogP contribution >= 0.6 is 23.8 Å². The van der Waals surface area contributed by atoms with Gasteiger partial charge in [-0.3, -0.25) is 4.68 Å². The van der Waals surface area contributed by atoms with Gasteiger partial charge in [0.15, 0.2) is 5.11 Å². The molecule has 1 aromatic heterocycles. The summed E-state index contributed by atoms with van der Waals surface area (Å²) in [6.07, 6.45) is 1.73. The van der Waals surface area contributed by atoms with Gasteiger partial charge in [-0.15, -0.1) is 0 Å². The summed E-state index contributed by atoms with van der Waals surface area (Å²) in [4.78, 5) is 0. The van der Waals surface area contributed by atoms with Gasteiger partial charge in [0.2, 0.25) is 0 Å². The molecule has 2 rings (SSSR count). The molecule has 0 aliphatic rings. The van der Waals surface area contributed by atoms with Gasteiger partial charge in [0.05, 0.1) is 17.3 Å². The maximum absolute atomic E-state index is 12.5. The van der Waals surface area contributed by atoms with Crippen LogP contribution in [0.25, 0.3) is 0 Å². The molecule has 0 fully saturated rings. The molecule has 0 spiro atoms. The van der Waals surface area contributed by atoms with Crippen molar-refractivity contribution in [1.29, 1.82) is 0 Å². The van der Waals surface area contributed by atoms with Gasteiger partial charge in [-0.2, -0.15) is 13.9 Å². The van der Waals surface area contributed by atoms with Crippen molar-refractivity contribution >= 4 is 34.6 Å². The first-order valence-corrected chi connectivity index (χ1v) is 7.99. The molecule has 2 N–H and O–H groups in total. The number of ether oxygens (including phenoxy) is 1. The Balaban J connectivity index is 2.00. The topological polar surface area (TPSA) is 51.1 Å². The highest BCUT2D eigenvalue weighted by atomic mass is 35.5. The Labute approximate surface area is 148 Å². The fourth-order valence-corrected chi connectivity index (χ4v) is 2.38. The molecule has 0 saturated heterocycles. The smallest absolute Gasteiger partial charge is 0.387 e. The minimum Gasteiger partial charge on any atom is -0.433 e. The monoisotopic (exact) mass is 374 g/mol. The summed E-state index contributed by atoms with van der Waals surface area (Å²) in [7, 11) is 0. The van der Waals surface area contributed by atoms with E-state index in [1.54, 1.807) is 29.9 Å². The predicted molar refractivity (Wildman–Crippen MR) is 93.8 cm³/mol. The summed E-state index contributed by atoms with van der Waals surface area (Å²) in [6, 6.07) is 4.90. The van der Waals surface area contributed by atoms with Crippen molar-refractivity contribution in [2.75, 3.05) is 5.32 Å². The molecular weight excluding hydrogens is 358 g/mol. The van der Waals surface area contributed by atoms with Crippen molar-refractivity contribution in [1.82, 2.24) is 15.1 Å². The van der Waals surface area contributed by atoms with Crippen LogP contribution in [0.5, 0.6) is 5.75 Å². The Hall–Kier alpha value is -1.93. The van der Waals surface area contributed by atoms with E-state index in [2.05, 4.69) is 20.5 Å². The lowest BCUT2D eigenvalue weighted by molar-refractivity contribution is -0.0493. The summed E-state index contributed by atoms with van der Waals surface area (Å²) < 4.78 is 31.2. The summed E-state index contributed by atoms with van der Waals surface area (Å²) in [6.45, 7) is 1.85. The number of halogens is 3. The molecule has 0 unspecified atom stereocenters. The number of aryl methyl sites for hydroxylation is 2. The van der Waals surface area contributed by atoms with E-state index in [1.807, 2.05) is 6.92 Å². The third-order valence-corrected chi connectivity index (χ3v) is 3.69. The molecule has 1 aromatic carbocycles. The number of rotatable bonds is 6. The maximum Gasteiger partial charge on any atom is 0.387 e. The number of nitrogens with zero attached hydrogens (tertiary/aromatic N) is 2. The number of hydrogen-bond acceptors (Lipinski definition) is 3. The molecule has 0 aliphatic heterocycles. The number of alkyl halides is 2. The zero-order valence-corrected chi connectivity index (χ0v) is 14.7. The average molecular weight is 375 g/mol. The second kappa shape index (κ2) is 8.25. The lowest BCUT2D eigenvalue weighted by Crippen LogP contribution is -2.28. The Morgan fingerprint density at radius 1 is 1.46 bits per heavy atom. The van der Waals surface area contributed by atoms with Crippen LogP contribution < -0.4 is 15.4 Å². The molecular formula is C15H17ClF2N4OS. The molecule has 1 heterocycles. The highest BCUT2D eigenvalue weighted by Crippen LogP contribution is 2.27. The fourth-order valence-electron chi connectivity index (χ4n) is 1.98. The Morgan fingerprint density at radius 3 is 2.83 bits per heavy atom. The van der Waals surface area contributed by atoms with Crippen LogP contribution in [-0.2, 0) is 13.1 Å². The van der Waals surface area contributed by atoms with Crippen LogP contribution in [0.1, 0.15) is 18.2 Å². The van der Waals surface area contributed by atoms with E-state index >= 15 is 0 Å². The van der Waals surface area contributed by atoms with Crippen molar-refractivity contribution in [2.45, 2.75) is 33.5 Å². The van der Waals surface area contributed by atoms with E-state index in [-0.39, 0.29) is 10.9 Å². The van der Waals surface area contributed by atoms with Crippen molar-refractivity contribution < 1.29 is 13.5 Å². The maximum atomic E-state index is 12.5. The summed E-state index contributed by atoms with van der Waals surface area (Å²) in [5.41, 5.74) is 1.80. The molecule has 9 heteroatoms. The highest BCUT2D eigenvalue weighted by molar-refractivity contribution is 7.80. The first kappa shape index (κ1) is 18.4. The number of anilines is 1. The van der Waals surface area contributed by atoms with E-state index in [1.165, 1.54) is 6.07 Å². The molecule has 0 bridgehead atoms. The number of nitrogens with one attached hydrogen (secondary N) is 2. The van der Waals surface area contributed by atoms with Crippen LogP contribution in [0.2, 0.25) is 5.02 Å². The zero-order valence-electron chi connectivity index (χ0n) is 13.1. The highest BCUT2D eigenvalue weighted by Gasteiger charge is 2.12. The van der Waals surface area contributed by atoms with Gasteiger partial charge < -0.3 is 15.4 Å². The van der Waals surface area contributed by atoms with Gasteiger partial charge in [0.25, 0.3) is 0 Å². The van der Waals surface area contributed by atoms with E-state index in [0.29, 0.717) is 29.5 Å². The van der Waals surface area contributed by atoms with E-state index in [9.17, 15) is 8.78 Å². The molecule has 0 saturated carbocycles. The normalized spacial score (nSPS) is 10.8. The first-order valence-electron chi connectivity index (χ1n) is 7.21. The number of benzene rings is 1. The van der Waals surface area contributed by atoms with Gasteiger partial charge in [-0.1, -0.05) is 17.7 Å². The van der Waals surface area contributed by atoms with Gasteiger partial charge in [-0.25, -0.2) is 0 Å². The number of aromatic nitrogens is 2. The molecule has 0 aliphatic carbocycles. The van der Waals surface area contributed by atoms with E-state index < -0.39 is 6.61 Å². The first-order chi connectivity index (χ1) is 11.4. The van der Waals surface area contributed by atoms with Crippen molar-refractivity contribution in [3.63, 3.8) is 0 Å². The molecule has 0 atom stereocenters. The molecule has 0 amide bonds. The third-order valence-electron chi connectivity index (χ3n) is 3.13. The van der Waals surface area contributed by atoms with Crippen molar-refractivity contribution in [2.24, 2.45) is 0 Å². The van der Waals surface area contributed by atoms with Crippen LogP contribution in [0.15, 0.2) is 24.4 Å². The zero-order chi connectivity index (χ0) is 17.7. The molecule has 24 heavy (non-hydrogen) atoms. The van der Waals surface area contributed by atoms with Crippen LogP contribution in [0.3, 0.4) is 0 Å². The number of hydrogen-bond donors (Lipinski definition) is 2. The molecule has 0 radical (unpaired) electrons. The fraction of sp³-hybridized carbons (Fsp3) is 0.333. The van der Waals surface area contributed by atoms with Crippen LogP contribution in [0, 0.1) is 6.92 Å². The van der Waals surface area contributed by atoms with Crippen LogP contribution in [0.4, 0.5) is 14.5 Å². The predicted octanol–water partition coefficient (Wildman–Crippen LogP) is 3.95. The van der Waals surface area contributed by atoms with E-state index in [4.69, 9.17) is 23.8 Å². The van der Waals surface area contributed by atoms with Crippen LogP contribution in [-0.4, -0.2) is 21.5 Å². The molecule has 130 valence electrons. The lowest BCUT2D eigenvalue weighted by Gasteiger charge is -2.14. The van der Waals surface area contributed by atoms with Gasteiger partial charge in [-0.05, 0) is 43.8 Å². The van der Waals surface area contributed by atoms with Crippen molar-refractivity contribution in [3.05, 3.63) is 40.7 Å². The van der Waals surface area contributed by atoms with Gasteiger partial charge >= 0.3 is 6.61 Å². The minimum atomic E-state index is -2.91. The molecule has 5 nitrogen and oxygen atoms in total. The van der Waals surface area contributed by atoms with Crippen molar-refractivity contribution in [3.8, 4) is 5.75 Å². The number of thiocarbonyl (C=S) groups is 1.